The third kappa shape index (κ3) is 2.72. The SMILES string of the molecule is CC1c2cc(-c3cccc4c(C(=O)N5CCCCC5)cnn34)cnc2C(=O)N1C. The fourth-order valence-electron chi connectivity index (χ4n) is 4.33. The number of likely N-dealkylation sites (tertiary alicyclic amines) is 1. The van der Waals surface area contributed by atoms with Gasteiger partial charge in [-0.15, -0.1) is 0 Å². The van der Waals surface area contributed by atoms with Crippen LogP contribution in [0.1, 0.15) is 58.6 Å². The second-order valence-corrected chi connectivity index (χ2v) is 7.87. The summed E-state index contributed by atoms with van der Waals surface area (Å²) >= 11 is 0. The number of pyridine rings is 2. The number of fused-ring (bicyclic) bond motifs is 2. The number of rotatable bonds is 2. The maximum absolute atomic E-state index is 13.0. The maximum atomic E-state index is 13.0. The summed E-state index contributed by atoms with van der Waals surface area (Å²) in [6.07, 6.45) is 6.68. The quantitative estimate of drug-likeness (QED) is 0.675. The number of amides is 2. The van der Waals surface area contributed by atoms with Gasteiger partial charge in [-0.3, -0.25) is 14.6 Å². The van der Waals surface area contributed by atoms with Crippen LogP contribution in [0.4, 0.5) is 0 Å². The summed E-state index contributed by atoms with van der Waals surface area (Å²) in [5.74, 6) is -0.00413. The zero-order chi connectivity index (χ0) is 20.1. The molecule has 3 aromatic rings. The molecule has 0 bridgehead atoms. The van der Waals surface area contributed by atoms with Gasteiger partial charge in [0.05, 0.1) is 29.0 Å². The highest BCUT2D eigenvalue weighted by Crippen LogP contribution is 2.33. The molecule has 0 aromatic carbocycles. The van der Waals surface area contributed by atoms with Gasteiger partial charge in [-0.1, -0.05) is 6.07 Å². The Balaban J connectivity index is 1.57. The van der Waals surface area contributed by atoms with Crippen molar-refractivity contribution in [2.45, 2.75) is 32.2 Å². The van der Waals surface area contributed by atoms with E-state index in [0.29, 0.717) is 11.3 Å². The molecule has 2 amide bonds. The predicted molar refractivity (Wildman–Crippen MR) is 109 cm³/mol. The summed E-state index contributed by atoms with van der Waals surface area (Å²) in [6.45, 7) is 3.62. The predicted octanol–water partition coefficient (Wildman–Crippen LogP) is 3.17. The molecule has 0 spiro atoms. The lowest BCUT2D eigenvalue weighted by molar-refractivity contribution is 0.0725. The van der Waals surface area contributed by atoms with Gasteiger partial charge in [-0.25, -0.2) is 4.52 Å². The van der Waals surface area contributed by atoms with E-state index in [2.05, 4.69) is 10.1 Å². The summed E-state index contributed by atoms with van der Waals surface area (Å²) in [7, 11) is 1.79. The third-order valence-corrected chi connectivity index (χ3v) is 6.18. The van der Waals surface area contributed by atoms with Gasteiger partial charge in [0.25, 0.3) is 11.8 Å². The molecule has 5 heterocycles. The maximum Gasteiger partial charge on any atom is 0.273 e. The van der Waals surface area contributed by atoms with Crippen LogP contribution in [-0.4, -0.2) is 56.3 Å². The van der Waals surface area contributed by atoms with Crippen LogP contribution in [0.15, 0.2) is 36.7 Å². The van der Waals surface area contributed by atoms with E-state index in [4.69, 9.17) is 0 Å². The van der Waals surface area contributed by atoms with Gasteiger partial charge >= 0.3 is 0 Å². The summed E-state index contributed by atoms with van der Waals surface area (Å²) in [5.41, 5.74) is 4.58. The van der Waals surface area contributed by atoms with Gasteiger partial charge in [-0.2, -0.15) is 5.10 Å². The Labute approximate surface area is 168 Å². The number of hydrogen-bond acceptors (Lipinski definition) is 4. The number of carbonyl (C=O) groups is 2. The monoisotopic (exact) mass is 389 g/mol. The first-order valence-electron chi connectivity index (χ1n) is 10.1. The molecule has 1 unspecified atom stereocenters. The summed E-state index contributed by atoms with van der Waals surface area (Å²) in [5, 5.41) is 4.52. The molecule has 2 aliphatic heterocycles. The minimum atomic E-state index is -0.0502. The van der Waals surface area contributed by atoms with E-state index in [0.717, 1.165) is 48.3 Å². The zero-order valence-corrected chi connectivity index (χ0v) is 16.6. The van der Waals surface area contributed by atoms with Crippen molar-refractivity contribution in [1.29, 1.82) is 0 Å². The van der Waals surface area contributed by atoms with E-state index in [1.807, 2.05) is 36.1 Å². The van der Waals surface area contributed by atoms with Crippen LogP contribution < -0.4 is 0 Å². The molecular weight excluding hydrogens is 366 g/mol. The molecule has 0 saturated carbocycles. The van der Waals surface area contributed by atoms with Crippen LogP contribution in [0, 0.1) is 0 Å². The van der Waals surface area contributed by atoms with Crippen LogP contribution in [0.3, 0.4) is 0 Å². The van der Waals surface area contributed by atoms with Crippen molar-refractivity contribution >= 4 is 17.3 Å². The fraction of sp³-hybridized carbons (Fsp3) is 0.364. The first kappa shape index (κ1) is 17.8. The summed E-state index contributed by atoms with van der Waals surface area (Å²) < 4.78 is 1.80. The first-order chi connectivity index (χ1) is 14.1. The highest BCUT2D eigenvalue weighted by atomic mass is 16.2. The van der Waals surface area contributed by atoms with Crippen LogP contribution in [0.25, 0.3) is 16.8 Å². The summed E-state index contributed by atoms with van der Waals surface area (Å²) in [4.78, 5) is 33.4. The largest absolute Gasteiger partial charge is 0.339 e. The average molecular weight is 389 g/mol. The Morgan fingerprint density at radius 1 is 1.14 bits per heavy atom. The average Bonchev–Trinajstić information content (AvgIpc) is 3.29. The molecule has 29 heavy (non-hydrogen) atoms. The van der Waals surface area contributed by atoms with Crippen molar-refractivity contribution in [3.63, 3.8) is 0 Å². The lowest BCUT2D eigenvalue weighted by atomic mass is 10.1. The topological polar surface area (TPSA) is 70.8 Å². The minimum absolute atomic E-state index is 0.0157. The highest BCUT2D eigenvalue weighted by Gasteiger charge is 2.33. The molecule has 0 radical (unpaired) electrons. The van der Waals surface area contributed by atoms with Crippen molar-refractivity contribution in [3.8, 4) is 11.3 Å². The van der Waals surface area contributed by atoms with Gasteiger partial charge in [-0.05, 0) is 44.4 Å². The van der Waals surface area contributed by atoms with E-state index in [9.17, 15) is 9.59 Å². The van der Waals surface area contributed by atoms with E-state index >= 15 is 0 Å². The normalized spacial score (nSPS) is 19.1. The lowest BCUT2D eigenvalue weighted by Gasteiger charge is -2.26. The smallest absolute Gasteiger partial charge is 0.273 e. The molecule has 3 aromatic heterocycles. The van der Waals surface area contributed by atoms with Crippen molar-refractivity contribution in [1.82, 2.24) is 24.4 Å². The lowest BCUT2D eigenvalue weighted by Crippen LogP contribution is -2.35. The first-order valence-corrected chi connectivity index (χ1v) is 10.1. The molecule has 148 valence electrons. The molecule has 2 aliphatic rings. The molecule has 7 heteroatoms. The molecule has 1 saturated heterocycles. The van der Waals surface area contributed by atoms with E-state index in [1.165, 1.54) is 6.42 Å². The van der Waals surface area contributed by atoms with E-state index in [-0.39, 0.29) is 17.9 Å². The van der Waals surface area contributed by atoms with E-state index in [1.54, 1.807) is 28.9 Å². The Bertz CT molecular complexity index is 1130. The van der Waals surface area contributed by atoms with Gasteiger partial charge in [0.15, 0.2) is 0 Å². The minimum Gasteiger partial charge on any atom is -0.339 e. The third-order valence-electron chi connectivity index (χ3n) is 6.18. The Hall–Kier alpha value is -3.22. The number of carbonyl (C=O) groups excluding carboxylic acids is 2. The molecule has 1 fully saturated rings. The van der Waals surface area contributed by atoms with Crippen LogP contribution in [-0.2, 0) is 0 Å². The zero-order valence-electron chi connectivity index (χ0n) is 16.6. The number of piperidine rings is 1. The van der Waals surface area contributed by atoms with Crippen molar-refractivity contribution in [3.05, 3.63) is 53.5 Å². The second kappa shape index (κ2) is 6.69. The molecule has 0 aliphatic carbocycles. The fourth-order valence-corrected chi connectivity index (χ4v) is 4.33. The van der Waals surface area contributed by atoms with E-state index < -0.39 is 0 Å². The van der Waals surface area contributed by atoms with Gasteiger partial charge in [0.1, 0.15) is 5.69 Å². The van der Waals surface area contributed by atoms with Gasteiger partial charge in [0, 0.05) is 37.5 Å². The number of aromatic nitrogens is 3. The van der Waals surface area contributed by atoms with Gasteiger partial charge in [0.2, 0.25) is 0 Å². The van der Waals surface area contributed by atoms with Gasteiger partial charge < -0.3 is 9.80 Å². The van der Waals surface area contributed by atoms with Crippen LogP contribution in [0.5, 0.6) is 0 Å². The van der Waals surface area contributed by atoms with Crippen molar-refractivity contribution in [2.24, 2.45) is 0 Å². The number of hydrogen-bond donors (Lipinski definition) is 0. The molecule has 0 N–H and O–H groups in total. The second-order valence-electron chi connectivity index (χ2n) is 7.87. The van der Waals surface area contributed by atoms with Crippen molar-refractivity contribution in [2.75, 3.05) is 20.1 Å². The molecule has 1 atom stereocenters. The van der Waals surface area contributed by atoms with Crippen LogP contribution in [0.2, 0.25) is 0 Å². The Morgan fingerprint density at radius 3 is 2.72 bits per heavy atom. The Morgan fingerprint density at radius 2 is 1.93 bits per heavy atom. The standard InChI is InChI=1S/C22H23N5O2/c1-14-16-11-15(12-23-20(16)22(29)25(14)2)18-7-6-8-19-17(13-24-27(18)19)21(28)26-9-4-3-5-10-26/h6-8,11-14H,3-5,9-10H2,1-2H3. The highest BCUT2D eigenvalue weighted by molar-refractivity contribution is 6.01. The summed E-state index contributed by atoms with van der Waals surface area (Å²) in [6, 6.07) is 7.82. The Kier molecular flexibility index (Phi) is 4.12. The van der Waals surface area contributed by atoms with Crippen molar-refractivity contribution < 1.29 is 9.59 Å². The van der Waals surface area contributed by atoms with Crippen LogP contribution >= 0.6 is 0 Å². The number of nitrogens with zero attached hydrogens (tertiary/aromatic N) is 5. The molecule has 5 rings (SSSR count). The molecule has 7 nitrogen and oxygen atoms in total. The molecular formula is C22H23N5O2.